The van der Waals surface area contributed by atoms with E-state index in [4.69, 9.17) is 0 Å². The van der Waals surface area contributed by atoms with Gasteiger partial charge in [0.15, 0.2) is 4.96 Å². The molecule has 0 bridgehead atoms. The van der Waals surface area contributed by atoms with E-state index in [1.54, 1.807) is 11.3 Å². The number of unbranched alkanes of at least 4 members (excludes halogenated alkanes) is 1. The van der Waals surface area contributed by atoms with Crippen molar-refractivity contribution in [3.05, 3.63) is 22.5 Å². The molecule has 0 aliphatic rings. The van der Waals surface area contributed by atoms with Gasteiger partial charge >= 0.3 is 0 Å². The molecule has 0 aromatic carbocycles. The molecule has 2 aromatic rings. The zero-order valence-corrected chi connectivity index (χ0v) is 11.0. The van der Waals surface area contributed by atoms with Crippen LogP contribution in [0.1, 0.15) is 36.0 Å². The third kappa shape index (κ3) is 2.28. The third-order valence-electron chi connectivity index (χ3n) is 2.74. The quantitative estimate of drug-likeness (QED) is 0.810. The fraction of sp³-hybridized carbons (Fsp3) is 0.583. The standard InChI is InChI=1S/C12H19N3S/c1-4-5-6-13-7-11-10(3)14-12-15(11)8-9(2)16-12/h8,13H,4-7H2,1-3H3. The molecule has 0 saturated carbocycles. The maximum absolute atomic E-state index is 4.57. The Bertz CT molecular complexity index is 470. The molecule has 2 rings (SSSR count). The average molecular weight is 237 g/mol. The van der Waals surface area contributed by atoms with Crippen molar-refractivity contribution in [3.63, 3.8) is 0 Å². The highest BCUT2D eigenvalue weighted by Gasteiger charge is 2.09. The Hall–Kier alpha value is -0.870. The van der Waals surface area contributed by atoms with E-state index in [9.17, 15) is 0 Å². The van der Waals surface area contributed by atoms with Crippen molar-refractivity contribution >= 4 is 16.3 Å². The minimum absolute atomic E-state index is 0.920. The fourth-order valence-electron chi connectivity index (χ4n) is 1.83. The molecule has 4 heteroatoms. The second-order valence-corrected chi connectivity index (χ2v) is 5.38. The second-order valence-electron chi connectivity index (χ2n) is 4.17. The van der Waals surface area contributed by atoms with Crippen molar-refractivity contribution in [1.82, 2.24) is 14.7 Å². The summed E-state index contributed by atoms with van der Waals surface area (Å²) in [6.45, 7) is 8.44. The van der Waals surface area contributed by atoms with E-state index in [0.717, 1.165) is 23.7 Å². The van der Waals surface area contributed by atoms with Crippen molar-refractivity contribution < 1.29 is 0 Å². The van der Waals surface area contributed by atoms with Crippen molar-refractivity contribution in [2.45, 2.75) is 40.2 Å². The van der Waals surface area contributed by atoms with E-state index in [1.165, 1.54) is 23.4 Å². The number of hydrogen-bond acceptors (Lipinski definition) is 3. The molecule has 0 fully saturated rings. The molecule has 2 heterocycles. The Labute approximate surface area is 101 Å². The summed E-state index contributed by atoms with van der Waals surface area (Å²) in [6.07, 6.45) is 4.66. The van der Waals surface area contributed by atoms with E-state index < -0.39 is 0 Å². The van der Waals surface area contributed by atoms with Gasteiger partial charge in [0, 0.05) is 17.6 Å². The Morgan fingerprint density at radius 2 is 2.25 bits per heavy atom. The molecule has 0 atom stereocenters. The summed E-state index contributed by atoms with van der Waals surface area (Å²) in [6, 6.07) is 0. The van der Waals surface area contributed by atoms with E-state index >= 15 is 0 Å². The van der Waals surface area contributed by atoms with Crippen molar-refractivity contribution in [3.8, 4) is 0 Å². The number of fused-ring (bicyclic) bond motifs is 1. The summed E-state index contributed by atoms with van der Waals surface area (Å²) in [7, 11) is 0. The van der Waals surface area contributed by atoms with Crippen molar-refractivity contribution in [2.24, 2.45) is 0 Å². The first-order valence-corrected chi connectivity index (χ1v) is 6.68. The van der Waals surface area contributed by atoms with Crippen LogP contribution in [0.15, 0.2) is 6.20 Å². The summed E-state index contributed by atoms with van der Waals surface area (Å²) < 4.78 is 2.22. The van der Waals surface area contributed by atoms with Gasteiger partial charge in [-0.15, -0.1) is 11.3 Å². The van der Waals surface area contributed by atoms with Crippen LogP contribution >= 0.6 is 11.3 Å². The normalized spacial score (nSPS) is 11.4. The summed E-state index contributed by atoms with van der Waals surface area (Å²) in [5.74, 6) is 0. The summed E-state index contributed by atoms with van der Waals surface area (Å²) >= 11 is 1.75. The molecule has 16 heavy (non-hydrogen) atoms. The SMILES string of the molecule is CCCCNCc1c(C)nc2sc(C)cn12. The first kappa shape index (κ1) is 11.6. The maximum atomic E-state index is 4.57. The van der Waals surface area contributed by atoms with E-state index in [1.807, 2.05) is 0 Å². The van der Waals surface area contributed by atoms with Gasteiger partial charge in [0.2, 0.25) is 0 Å². The number of aromatic nitrogens is 2. The zero-order chi connectivity index (χ0) is 11.5. The first-order chi connectivity index (χ1) is 7.72. The number of nitrogens with zero attached hydrogens (tertiary/aromatic N) is 2. The van der Waals surface area contributed by atoms with Gasteiger partial charge in [0.25, 0.3) is 0 Å². The van der Waals surface area contributed by atoms with Gasteiger partial charge in [0.1, 0.15) is 0 Å². The van der Waals surface area contributed by atoms with Gasteiger partial charge in [0.05, 0.1) is 11.4 Å². The molecule has 0 radical (unpaired) electrons. The van der Waals surface area contributed by atoms with Crippen LogP contribution in [-0.2, 0) is 6.54 Å². The Morgan fingerprint density at radius 1 is 1.44 bits per heavy atom. The predicted octanol–water partition coefficient (Wildman–Crippen LogP) is 2.90. The molecule has 0 amide bonds. The first-order valence-electron chi connectivity index (χ1n) is 5.87. The number of rotatable bonds is 5. The minimum atomic E-state index is 0.920. The number of imidazole rings is 1. The van der Waals surface area contributed by atoms with Gasteiger partial charge in [-0.05, 0) is 26.8 Å². The van der Waals surface area contributed by atoms with Gasteiger partial charge in [-0.25, -0.2) is 4.98 Å². The summed E-state index contributed by atoms with van der Waals surface area (Å²) in [5.41, 5.74) is 2.45. The lowest BCUT2D eigenvalue weighted by molar-refractivity contribution is 0.629. The second kappa shape index (κ2) is 4.97. The van der Waals surface area contributed by atoms with Crippen molar-refractivity contribution in [1.29, 1.82) is 0 Å². The molecule has 0 aliphatic heterocycles. The van der Waals surface area contributed by atoms with Crippen LogP contribution in [0.3, 0.4) is 0 Å². The van der Waals surface area contributed by atoms with Gasteiger partial charge in [-0.1, -0.05) is 13.3 Å². The highest BCUT2D eigenvalue weighted by atomic mass is 32.1. The molecular formula is C12H19N3S. The molecule has 0 spiro atoms. The fourth-order valence-corrected chi connectivity index (χ4v) is 2.72. The zero-order valence-electron chi connectivity index (χ0n) is 10.2. The Balaban J connectivity index is 2.12. The van der Waals surface area contributed by atoms with Crippen LogP contribution in [0, 0.1) is 13.8 Å². The maximum Gasteiger partial charge on any atom is 0.194 e. The lowest BCUT2D eigenvalue weighted by Crippen LogP contribution is -2.16. The van der Waals surface area contributed by atoms with Crippen LogP contribution in [-0.4, -0.2) is 15.9 Å². The molecule has 88 valence electrons. The number of nitrogens with one attached hydrogen (secondary N) is 1. The van der Waals surface area contributed by atoms with Crippen LogP contribution in [0.2, 0.25) is 0 Å². The van der Waals surface area contributed by atoms with E-state index in [2.05, 4.69) is 41.7 Å². The van der Waals surface area contributed by atoms with Gasteiger partial charge in [-0.2, -0.15) is 0 Å². The van der Waals surface area contributed by atoms with Crippen LogP contribution < -0.4 is 5.32 Å². The number of hydrogen-bond donors (Lipinski definition) is 1. The van der Waals surface area contributed by atoms with E-state index in [0.29, 0.717) is 0 Å². The van der Waals surface area contributed by atoms with E-state index in [-0.39, 0.29) is 0 Å². The molecule has 2 aromatic heterocycles. The lowest BCUT2D eigenvalue weighted by atomic mass is 10.3. The average Bonchev–Trinajstić information content (AvgIpc) is 2.70. The monoisotopic (exact) mass is 237 g/mol. The summed E-state index contributed by atoms with van der Waals surface area (Å²) in [4.78, 5) is 7.00. The highest BCUT2D eigenvalue weighted by Crippen LogP contribution is 2.20. The van der Waals surface area contributed by atoms with Gasteiger partial charge in [-0.3, -0.25) is 4.40 Å². The molecule has 0 aliphatic carbocycles. The lowest BCUT2D eigenvalue weighted by Gasteiger charge is -2.03. The minimum Gasteiger partial charge on any atom is -0.311 e. The number of aryl methyl sites for hydroxylation is 2. The highest BCUT2D eigenvalue weighted by molar-refractivity contribution is 7.17. The molecular weight excluding hydrogens is 218 g/mol. The molecule has 0 unspecified atom stereocenters. The number of thiazole rings is 1. The Morgan fingerprint density at radius 3 is 3.00 bits per heavy atom. The predicted molar refractivity (Wildman–Crippen MR) is 69.2 cm³/mol. The van der Waals surface area contributed by atoms with Crippen molar-refractivity contribution in [2.75, 3.05) is 6.54 Å². The van der Waals surface area contributed by atoms with Crippen LogP contribution in [0.4, 0.5) is 0 Å². The largest absolute Gasteiger partial charge is 0.311 e. The molecule has 1 N–H and O–H groups in total. The summed E-state index contributed by atoms with van der Waals surface area (Å²) in [5, 5.41) is 3.47. The van der Waals surface area contributed by atoms with Crippen LogP contribution in [0.5, 0.6) is 0 Å². The molecule has 3 nitrogen and oxygen atoms in total. The third-order valence-corrected chi connectivity index (χ3v) is 3.64. The molecule has 0 saturated heterocycles. The van der Waals surface area contributed by atoms with Gasteiger partial charge < -0.3 is 5.32 Å². The smallest absolute Gasteiger partial charge is 0.194 e. The topological polar surface area (TPSA) is 29.3 Å². The van der Waals surface area contributed by atoms with Crippen LogP contribution in [0.25, 0.3) is 4.96 Å². The Kier molecular flexibility index (Phi) is 3.61.